The Morgan fingerprint density at radius 2 is 1.33 bits per heavy atom. The average molecular weight is 213 g/mol. The third-order valence-electron chi connectivity index (χ3n) is 1.54. The van der Waals surface area contributed by atoms with Gasteiger partial charge in [-0.05, 0) is 38.8 Å². The van der Waals surface area contributed by atoms with E-state index in [1.54, 1.807) is 0 Å². The van der Waals surface area contributed by atoms with E-state index in [1.165, 1.54) is 12.8 Å². The Kier molecular flexibility index (Phi) is 38.8. The SMILES string of the molecule is C=CCCCCNCCC=C.CC.CC. The maximum atomic E-state index is 3.67. The van der Waals surface area contributed by atoms with Crippen LogP contribution in [0, 0.1) is 0 Å². The van der Waals surface area contributed by atoms with Gasteiger partial charge in [-0.25, -0.2) is 0 Å². The van der Waals surface area contributed by atoms with Crippen molar-refractivity contribution in [3.8, 4) is 0 Å². The molecule has 92 valence electrons. The molecule has 0 spiro atoms. The molecule has 0 aromatic rings. The fourth-order valence-electron chi connectivity index (χ4n) is 0.868. The van der Waals surface area contributed by atoms with Gasteiger partial charge in [0.25, 0.3) is 0 Å². The first-order chi connectivity index (χ1) is 7.41. The van der Waals surface area contributed by atoms with Crippen molar-refractivity contribution in [2.24, 2.45) is 0 Å². The summed E-state index contributed by atoms with van der Waals surface area (Å²) in [7, 11) is 0. The molecule has 0 fully saturated rings. The van der Waals surface area contributed by atoms with E-state index in [4.69, 9.17) is 0 Å². The summed E-state index contributed by atoms with van der Waals surface area (Å²) in [6.45, 7) is 17.5. The Morgan fingerprint density at radius 1 is 0.800 bits per heavy atom. The molecule has 0 heterocycles. The molecule has 0 atom stereocenters. The van der Waals surface area contributed by atoms with Crippen LogP contribution in [0.25, 0.3) is 0 Å². The van der Waals surface area contributed by atoms with Gasteiger partial charge in [0, 0.05) is 0 Å². The molecular formula is C14H31N. The summed E-state index contributed by atoms with van der Waals surface area (Å²) in [5, 5.41) is 3.34. The Hall–Kier alpha value is -0.560. The predicted molar refractivity (Wildman–Crippen MR) is 74.4 cm³/mol. The monoisotopic (exact) mass is 213 g/mol. The molecule has 0 aliphatic heterocycles. The maximum absolute atomic E-state index is 3.67. The molecule has 1 N–H and O–H groups in total. The molecule has 0 unspecified atom stereocenters. The lowest BCUT2D eigenvalue weighted by atomic mass is 10.2. The maximum Gasteiger partial charge on any atom is -0.00144 e. The van der Waals surface area contributed by atoms with Gasteiger partial charge in [0.1, 0.15) is 0 Å². The molecule has 0 saturated heterocycles. The van der Waals surface area contributed by atoms with Crippen molar-refractivity contribution in [2.45, 2.75) is 53.4 Å². The van der Waals surface area contributed by atoms with Crippen LogP contribution in [-0.4, -0.2) is 13.1 Å². The summed E-state index contributed by atoms with van der Waals surface area (Å²) in [6.07, 6.45) is 8.64. The van der Waals surface area contributed by atoms with E-state index in [2.05, 4.69) is 18.5 Å². The Labute approximate surface area is 97.7 Å². The fourth-order valence-corrected chi connectivity index (χ4v) is 0.868. The highest BCUT2D eigenvalue weighted by Gasteiger charge is 1.85. The first kappa shape index (κ1) is 19.9. The second-order valence-electron chi connectivity index (χ2n) is 2.61. The molecule has 0 bridgehead atoms. The van der Waals surface area contributed by atoms with E-state index in [1.807, 2.05) is 39.8 Å². The van der Waals surface area contributed by atoms with Gasteiger partial charge in [0.05, 0.1) is 0 Å². The number of rotatable bonds is 8. The summed E-state index contributed by atoms with van der Waals surface area (Å²) in [4.78, 5) is 0. The van der Waals surface area contributed by atoms with Gasteiger partial charge in [-0.3, -0.25) is 0 Å². The van der Waals surface area contributed by atoms with E-state index in [0.29, 0.717) is 0 Å². The number of hydrogen-bond donors (Lipinski definition) is 1. The molecule has 0 aromatic carbocycles. The normalized spacial score (nSPS) is 7.73. The van der Waals surface area contributed by atoms with Crippen molar-refractivity contribution in [1.82, 2.24) is 5.32 Å². The molecule has 0 aromatic heterocycles. The lowest BCUT2D eigenvalue weighted by molar-refractivity contribution is 0.631. The van der Waals surface area contributed by atoms with Crippen molar-refractivity contribution in [1.29, 1.82) is 0 Å². The molecule has 15 heavy (non-hydrogen) atoms. The zero-order chi connectivity index (χ0) is 12.4. The van der Waals surface area contributed by atoms with Crippen LogP contribution < -0.4 is 5.32 Å². The molecule has 0 amide bonds. The highest BCUT2D eigenvalue weighted by molar-refractivity contribution is 4.68. The first-order valence-electron chi connectivity index (χ1n) is 6.34. The predicted octanol–water partition coefficient (Wildman–Crippen LogP) is 4.56. The molecule has 1 nitrogen and oxygen atoms in total. The second kappa shape index (κ2) is 29.2. The van der Waals surface area contributed by atoms with Crippen molar-refractivity contribution < 1.29 is 0 Å². The van der Waals surface area contributed by atoms with Crippen LogP contribution in [0.3, 0.4) is 0 Å². The summed E-state index contributed by atoms with van der Waals surface area (Å²) >= 11 is 0. The summed E-state index contributed by atoms with van der Waals surface area (Å²) in [5.41, 5.74) is 0. The second-order valence-corrected chi connectivity index (χ2v) is 2.61. The van der Waals surface area contributed by atoms with Crippen LogP contribution in [0.1, 0.15) is 53.4 Å². The van der Waals surface area contributed by atoms with Gasteiger partial charge in [-0.2, -0.15) is 0 Å². The summed E-state index contributed by atoms with van der Waals surface area (Å²) in [5.74, 6) is 0. The Morgan fingerprint density at radius 3 is 1.80 bits per heavy atom. The van der Waals surface area contributed by atoms with Gasteiger partial charge in [0.15, 0.2) is 0 Å². The van der Waals surface area contributed by atoms with Gasteiger partial charge in [-0.1, -0.05) is 39.8 Å². The van der Waals surface area contributed by atoms with Crippen molar-refractivity contribution in [3.05, 3.63) is 25.3 Å². The molecule has 0 aliphatic rings. The first-order valence-corrected chi connectivity index (χ1v) is 6.34. The van der Waals surface area contributed by atoms with E-state index in [-0.39, 0.29) is 0 Å². The smallest absolute Gasteiger partial charge is 0.00144 e. The van der Waals surface area contributed by atoms with Crippen LogP contribution in [0.2, 0.25) is 0 Å². The third-order valence-corrected chi connectivity index (χ3v) is 1.54. The summed E-state index contributed by atoms with van der Waals surface area (Å²) in [6, 6.07) is 0. The molecule has 1 heteroatoms. The Balaban J connectivity index is -0.000000318. The van der Waals surface area contributed by atoms with E-state index in [9.17, 15) is 0 Å². The van der Waals surface area contributed by atoms with Crippen molar-refractivity contribution in [2.75, 3.05) is 13.1 Å². The lowest BCUT2D eigenvalue weighted by Gasteiger charge is -2.00. The minimum Gasteiger partial charge on any atom is -0.316 e. The van der Waals surface area contributed by atoms with Crippen molar-refractivity contribution >= 4 is 0 Å². The molecule has 0 aliphatic carbocycles. The van der Waals surface area contributed by atoms with Crippen LogP contribution >= 0.6 is 0 Å². The molecule has 0 rings (SSSR count). The van der Waals surface area contributed by atoms with Gasteiger partial charge >= 0.3 is 0 Å². The quantitative estimate of drug-likeness (QED) is 0.460. The van der Waals surface area contributed by atoms with Gasteiger partial charge in [0.2, 0.25) is 0 Å². The average Bonchev–Trinajstić information content (AvgIpc) is 2.33. The van der Waals surface area contributed by atoms with Crippen molar-refractivity contribution in [3.63, 3.8) is 0 Å². The fraction of sp³-hybridized carbons (Fsp3) is 0.714. The minimum absolute atomic E-state index is 1.07. The highest BCUT2D eigenvalue weighted by Crippen LogP contribution is 1.93. The molecule has 0 saturated carbocycles. The standard InChI is InChI=1S/C10H19N.2C2H6/c1-3-5-7-8-10-11-9-6-4-2;2*1-2/h3-4,11H,1-2,5-10H2;2*1-2H3. The summed E-state index contributed by atoms with van der Waals surface area (Å²) < 4.78 is 0. The van der Waals surface area contributed by atoms with E-state index in [0.717, 1.165) is 25.9 Å². The number of hydrogen-bond acceptors (Lipinski definition) is 1. The number of nitrogens with one attached hydrogen (secondary N) is 1. The lowest BCUT2D eigenvalue weighted by Crippen LogP contribution is -2.15. The highest BCUT2D eigenvalue weighted by atomic mass is 14.8. The van der Waals surface area contributed by atoms with E-state index < -0.39 is 0 Å². The third kappa shape index (κ3) is 31.8. The van der Waals surface area contributed by atoms with Gasteiger partial charge in [-0.15, -0.1) is 13.2 Å². The number of allylic oxidation sites excluding steroid dienone is 1. The topological polar surface area (TPSA) is 12.0 Å². The van der Waals surface area contributed by atoms with Crippen LogP contribution in [0.4, 0.5) is 0 Å². The molecule has 0 radical (unpaired) electrons. The number of unbranched alkanes of at least 4 members (excludes halogenated alkanes) is 2. The van der Waals surface area contributed by atoms with Gasteiger partial charge < -0.3 is 5.32 Å². The van der Waals surface area contributed by atoms with E-state index >= 15 is 0 Å². The molecular weight excluding hydrogens is 182 g/mol. The van der Waals surface area contributed by atoms with Crippen LogP contribution in [0.5, 0.6) is 0 Å². The largest absolute Gasteiger partial charge is 0.316 e. The zero-order valence-electron chi connectivity index (χ0n) is 11.3. The Bertz CT molecular complexity index is 85.5. The van der Waals surface area contributed by atoms with Crippen LogP contribution in [0.15, 0.2) is 25.3 Å². The minimum atomic E-state index is 1.07. The van der Waals surface area contributed by atoms with Crippen LogP contribution in [-0.2, 0) is 0 Å². The zero-order valence-corrected chi connectivity index (χ0v) is 11.3.